The second kappa shape index (κ2) is 8.60. The molecule has 0 bridgehead atoms. The van der Waals surface area contributed by atoms with Gasteiger partial charge in [0.2, 0.25) is 0 Å². The van der Waals surface area contributed by atoms with Crippen LogP contribution in [-0.2, 0) is 19.3 Å². The molecule has 0 spiro atoms. The molecule has 0 N–H and O–H groups in total. The number of aryl methyl sites for hydroxylation is 1. The monoisotopic (exact) mass is 443 g/mol. The molecule has 3 heterocycles. The minimum Gasteiger partial charge on any atom is -0.294 e. The second-order valence-electron chi connectivity index (χ2n) is 7.88. The highest BCUT2D eigenvalue weighted by molar-refractivity contribution is 6.49. The quantitative estimate of drug-likeness (QED) is 0.358. The molecular weight excluding hydrogens is 425 g/mol. The molecule has 3 aromatic heterocycles. The first kappa shape index (κ1) is 20.5. The summed E-state index contributed by atoms with van der Waals surface area (Å²) in [5.41, 5.74) is 5.94. The number of fused-ring (bicyclic) bond motifs is 2. The number of aromatic nitrogens is 3. The molecule has 0 radical (unpaired) electrons. The third-order valence-corrected chi connectivity index (χ3v) is 5.94. The number of carbonyl (C=O) groups is 1. The zero-order valence-corrected chi connectivity index (χ0v) is 17.9. The van der Waals surface area contributed by atoms with Gasteiger partial charge in [-0.05, 0) is 60.4 Å². The number of halogens is 2. The molecule has 0 unspecified atom stereocenters. The third kappa shape index (κ3) is 4.30. The van der Waals surface area contributed by atoms with Crippen molar-refractivity contribution in [2.75, 3.05) is 0 Å². The average molecular weight is 444 g/mol. The molecule has 1 aromatic carbocycles. The predicted molar refractivity (Wildman–Crippen MR) is 123 cm³/mol. The van der Waals surface area contributed by atoms with E-state index in [1.807, 2.05) is 42.5 Å². The molecule has 5 rings (SSSR count). The van der Waals surface area contributed by atoms with Gasteiger partial charge in [0.15, 0.2) is 5.78 Å². The smallest absolute Gasteiger partial charge is 0.163 e. The maximum absolute atomic E-state index is 13.5. The SMILES string of the molecule is O=C(CCc1ccc2c(n1)C(Cl)=CC2)c1ccnc(Cc2ccc3ncc(F)cc3c2)c1. The van der Waals surface area contributed by atoms with E-state index in [0.29, 0.717) is 29.9 Å². The fraction of sp³-hybridized carbons (Fsp3) is 0.154. The molecule has 0 fully saturated rings. The third-order valence-electron chi connectivity index (χ3n) is 5.61. The Kier molecular flexibility index (Phi) is 5.50. The van der Waals surface area contributed by atoms with Gasteiger partial charge in [-0.1, -0.05) is 29.8 Å². The summed E-state index contributed by atoms with van der Waals surface area (Å²) in [5, 5.41) is 1.42. The van der Waals surface area contributed by atoms with Crippen molar-refractivity contribution in [3.05, 3.63) is 107 Å². The number of benzene rings is 1. The summed E-state index contributed by atoms with van der Waals surface area (Å²) in [4.78, 5) is 25.9. The van der Waals surface area contributed by atoms with Gasteiger partial charge >= 0.3 is 0 Å². The summed E-state index contributed by atoms with van der Waals surface area (Å²) in [6.07, 6.45) is 7.09. The van der Waals surface area contributed by atoms with Crippen molar-refractivity contribution in [1.82, 2.24) is 15.0 Å². The maximum atomic E-state index is 13.5. The summed E-state index contributed by atoms with van der Waals surface area (Å²) in [7, 11) is 0. The van der Waals surface area contributed by atoms with Crippen LogP contribution < -0.4 is 0 Å². The highest BCUT2D eigenvalue weighted by Crippen LogP contribution is 2.28. The van der Waals surface area contributed by atoms with Crippen LogP contribution in [0.1, 0.15) is 45.0 Å². The Hall–Kier alpha value is -3.44. The van der Waals surface area contributed by atoms with E-state index < -0.39 is 0 Å². The highest BCUT2D eigenvalue weighted by atomic mass is 35.5. The first-order valence-electron chi connectivity index (χ1n) is 10.4. The number of hydrogen-bond acceptors (Lipinski definition) is 4. The van der Waals surface area contributed by atoms with Gasteiger partial charge < -0.3 is 0 Å². The summed E-state index contributed by atoms with van der Waals surface area (Å²) in [5.74, 6) is -0.320. The van der Waals surface area contributed by atoms with Gasteiger partial charge in [-0.15, -0.1) is 0 Å². The van der Waals surface area contributed by atoms with Crippen molar-refractivity contribution < 1.29 is 9.18 Å². The fourth-order valence-electron chi connectivity index (χ4n) is 3.94. The van der Waals surface area contributed by atoms with Crippen LogP contribution in [-0.4, -0.2) is 20.7 Å². The van der Waals surface area contributed by atoms with E-state index in [9.17, 15) is 9.18 Å². The predicted octanol–water partition coefficient (Wildman–Crippen LogP) is 5.71. The molecule has 158 valence electrons. The molecule has 32 heavy (non-hydrogen) atoms. The van der Waals surface area contributed by atoms with Crippen molar-refractivity contribution >= 4 is 33.3 Å². The van der Waals surface area contributed by atoms with Gasteiger partial charge in [0.25, 0.3) is 0 Å². The molecule has 0 atom stereocenters. The number of hydrogen-bond donors (Lipinski definition) is 0. The van der Waals surface area contributed by atoms with E-state index in [1.54, 1.807) is 12.3 Å². The van der Waals surface area contributed by atoms with Crippen molar-refractivity contribution in [2.45, 2.75) is 25.7 Å². The van der Waals surface area contributed by atoms with Crippen LogP contribution in [0, 0.1) is 5.82 Å². The zero-order chi connectivity index (χ0) is 22.1. The molecule has 1 aliphatic rings. The molecule has 0 amide bonds. The number of pyridine rings is 3. The van der Waals surface area contributed by atoms with Gasteiger partial charge in [-0.25, -0.2) is 4.39 Å². The number of nitrogens with zero attached hydrogens (tertiary/aromatic N) is 3. The van der Waals surface area contributed by atoms with E-state index in [4.69, 9.17) is 11.6 Å². The molecular formula is C26H19ClFN3O. The van der Waals surface area contributed by atoms with Crippen LogP contribution in [0.5, 0.6) is 0 Å². The lowest BCUT2D eigenvalue weighted by molar-refractivity contribution is 0.0982. The Morgan fingerprint density at radius 2 is 1.94 bits per heavy atom. The van der Waals surface area contributed by atoms with E-state index in [-0.39, 0.29) is 11.6 Å². The molecule has 0 saturated carbocycles. The normalized spacial score (nSPS) is 12.6. The second-order valence-corrected chi connectivity index (χ2v) is 8.29. The summed E-state index contributed by atoms with van der Waals surface area (Å²) in [6, 6.07) is 14.7. The van der Waals surface area contributed by atoms with E-state index in [1.165, 1.54) is 12.3 Å². The van der Waals surface area contributed by atoms with Crippen LogP contribution in [0.25, 0.3) is 15.9 Å². The lowest BCUT2D eigenvalue weighted by atomic mass is 10.0. The summed E-state index contributed by atoms with van der Waals surface area (Å²) >= 11 is 6.20. The van der Waals surface area contributed by atoms with E-state index >= 15 is 0 Å². The lowest BCUT2D eigenvalue weighted by Crippen LogP contribution is -2.05. The first-order chi connectivity index (χ1) is 15.5. The Labute approximate surface area is 189 Å². The molecule has 4 aromatic rings. The zero-order valence-electron chi connectivity index (χ0n) is 17.2. The van der Waals surface area contributed by atoms with Gasteiger partial charge in [-0.2, -0.15) is 0 Å². The maximum Gasteiger partial charge on any atom is 0.163 e. The Morgan fingerprint density at radius 1 is 1.03 bits per heavy atom. The van der Waals surface area contributed by atoms with Crippen LogP contribution in [0.3, 0.4) is 0 Å². The van der Waals surface area contributed by atoms with E-state index in [0.717, 1.165) is 45.5 Å². The average Bonchev–Trinajstić information content (AvgIpc) is 3.17. The van der Waals surface area contributed by atoms with Crippen molar-refractivity contribution in [2.24, 2.45) is 0 Å². The van der Waals surface area contributed by atoms with Crippen molar-refractivity contribution in [1.29, 1.82) is 0 Å². The van der Waals surface area contributed by atoms with Gasteiger partial charge in [-0.3, -0.25) is 19.7 Å². The molecule has 6 heteroatoms. The topological polar surface area (TPSA) is 55.7 Å². The van der Waals surface area contributed by atoms with Crippen LogP contribution in [0.4, 0.5) is 4.39 Å². The van der Waals surface area contributed by atoms with Crippen LogP contribution in [0.2, 0.25) is 0 Å². The van der Waals surface area contributed by atoms with E-state index in [2.05, 4.69) is 15.0 Å². The first-order valence-corrected chi connectivity index (χ1v) is 10.8. The Morgan fingerprint density at radius 3 is 2.84 bits per heavy atom. The minimum absolute atomic E-state index is 0.0439. The van der Waals surface area contributed by atoms with Crippen molar-refractivity contribution in [3.63, 3.8) is 0 Å². The summed E-state index contributed by atoms with van der Waals surface area (Å²) in [6.45, 7) is 0. The van der Waals surface area contributed by atoms with Crippen molar-refractivity contribution in [3.8, 4) is 0 Å². The number of carbonyl (C=O) groups excluding carboxylic acids is 1. The Bertz CT molecular complexity index is 1380. The summed E-state index contributed by atoms with van der Waals surface area (Å²) < 4.78 is 13.5. The highest BCUT2D eigenvalue weighted by Gasteiger charge is 2.15. The number of allylic oxidation sites excluding steroid dienone is 1. The number of rotatable bonds is 6. The van der Waals surface area contributed by atoms with Gasteiger partial charge in [0.1, 0.15) is 5.82 Å². The lowest BCUT2D eigenvalue weighted by Gasteiger charge is -2.07. The Balaban J connectivity index is 1.28. The van der Waals surface area contributed by atoms with Crippen LogP contribution in [0.15, 0.2) is 67.0 Å². The van der Waals surface area contributed by atoms with Crippen LogP contribution >= 0.6 is 11.6 Å². The fourth-order valence-corrected chi connectivity index (χ4v) is 4.18. The molecule has 0 aliphatic heterocycles. The largest absolute Gasteiger partial charge is 0.294 e. The molecule has 4 nitrogen and oxygen atoms in total. The van der Waals surface area contributed by atoms with Gasteiger partial charge in [0.05, 0.1) is 22.4 Å². The number of ketones is 1. The number of Topliss-reactive ketones (excluding diaryl/α,β-unsaturated/α-hetero) is 1. The minimum atomic E-state index is -0.364. The molecule has 0 saturated heterocycles. The molecule has 1 aliphatic carbocycles. The van der Waals surface area contributed by atoms with Gasteiger partial charge in [0, 0.05) is 41.4 Å². The standard InChI is InChI=1S/C26H19ClFN3O/c27-23-6-3-17-2-4-21(31-26(17)23)5-8-25(32)18-9-10-29-22(14-18)12-16-1-7-24-19(11-16)13-20(28)15-30-24/h1-2,4,6-7,9-11,13-15H,3,5,8,12H2.